The third-order valence-electron chi connectivity index (χ3n) is 3.77. The van der Waals surface area contributed by atoms with Crippen LogP contribution in [0.5, 0.6) is 11.5 Å². The number of fused-ring (bicyclic) bond motifs is 1. The molecule has 1 aliphatic rings. The Hall–Kier alpha value is -2.40. The molecule has 0 radical (unpaired) electrons. The molecule has 2 aromatic carbocycles. The fraction of sp³-hybridized carbons (Fsp3) is 0.278. The first-order valence-electron chi connectivity index (χ1n) is 7.82. The van der Waals surface area contributed by atoms with Crippen molar-refractivity contribution < 1.29 is 9.47 Å². The van der Waals surface area contributed by atoms with Crippen molar-refractivity contribution in [2.24, 2.45) is 4.99 Å². The molecule has 1 aliphatic heterocycles. The largest absolute Gasteiger partial charge is 0.454 e. The van der Waals surface area contributed by atoms with E-state index in [4.69, 9.17) is 21.1 Å². The molecule has 0 aromatic heterocycles. The molecule has 6 heteroatoms. The van der Waals surface area contributed by atoms with Gasteiger partial charge < -0.3 is 20.1 Å². The topological polar surface area (TPSA) is 54.9 Å². The van der Waals surface area contributed by atoms with Crippen molar-refractivity contribution in [2.45, 2.75) is 13.0 Å². The van der Waals surface area contributed by atoms with E-state index >= 15 is 0 Å². The fourth-order valence-corrected chi connectivity index (χ4v) is 2.70. The summed E-state index contributed by atoms with van der Waals surface area (Å²) < 4.78 is 10.7. The van der Waals surface area contributed by atoms with E-state index in [1.165, 1.54) is 0 Å². The number of hydrogen-bond acceptors (Lipinski definition) is 3. The van der Waals surface area contributed by atoms with Crippen molar-refractivity contribution in [3.05, 3.63) is 58.6 Å². The van der Waals surface area contributed by atoms with Gasteiger partial charge in [-0.2, -0.15) is 0 Å². The van der Waals surface area contributed by atoms with Crippen molar-refractivity contribution in [1.82, 2.24) is 10.6 Å². The van der Waals surface area contributed by atoms with Gasteiger partial charge in [-0.05, 0) is 35.7 Å². The van der Waals surface area contributed by atoms with Crippen LogP contribution in [0, 0.1) is 0 Å². The highest BCUT2D eigenvalue weighted by Crippen LogP contribution is 2.32. The zero-order valence-electron chi connectivity index (χ0n) is 13.5. The molecule has 126 valence electrons. The fourth-order valence-electron chi connectivity index (χ4n) is 2.47. The van der Waals surface area contributed by atoms with Crippen LogP contribution in [0.15, 0.2) is 47.5 Å². The number of guanidine groups is 1. The zero-order valence-corrected chi connectivity index (χ0v) is 14.3. The van der Waals surface area contributed by atoms with E-state index in [1.54, 1.807) is 7.05 Å². The molecule has 2 aromatic rings. The molecule has 0 bridgehead atoms. The Morgan fingerprint density at radius 2 is 1.96 bits per heavy atom. The predicted molar refractivity (Wildman–Crippen MR) is 95.9 cm³/mol. The Balaban J connectivity index is 1.48. The molecule has 0 unspecified atom stereocenters. The van der Waals surface area contributed by atoms with Crippen molar-refractivity contribution >= 4 is 17.6 Å². The van der Waals surface area contributed by atoms with Crippen molar-refractivity contribution in [1.29, 1.82) is 0 Å². The summed E-state index contributed by atoms with van der Waals surface area (Å²) in [6.45, 7) is 1.70. The van der Waals surface area contributed by atoms with Gasteiger partial charge in [-0.3, -0.25) is 4.99 Å². The molecule has 0 saturated carbocycles. The second-order valence-corrected chi connectivity index (χ2v) is 5.79. The van der Waals surface area contributed by atoms with Crippen LogP contribution in [0.25, 0.3) is 0 Å². The Kier molecular flexibility index (Phi) is 5.43. The van der Waals surface area contributed by atoms with Crippen LogP contribution in [0.4, 0.5) is 0 Å². The Morgan fingerprint density at radius 1 is 1.12 bits per heavy atom. The molecule has 0 spiro atoms. The first kappa shape index (κ1) is 16.5. The number of benzene rings is 2. The number of ether oxygens (including phenoxy) is 2. The molecule has 0 fully saturated rings. The average Bonchev–Trinajstić information content (AvgIpc) is 3.07. The minimum absolute atomic E-state index is 0.289. The lowest BCUT2D eigenvalue weighted by molar-refractivity contribution is 0.174. The summed E-state index contributed by atoms with van der Waals surface area (Å²) in [4.78, 5) is 4.23. The average molecular weight is 346 g/mol. The normalized spacial score (nSPS) is 13.0. The van der Waals surface area contributed by atoms with E-state index in [2.05, 4.69) is 15.6 Å². The summed E-state index contributed by atoms with van der Waals surface area (Å²) in [5, 5.41) is 7.37. The van der Waals surface area contributed by atoms with E-state index in [1.807, 2.05) is 42.5 Å². The second-order valence-electron chi connectivity index (χ2n) is 5.38. The molecule has 0 atom stereocenters. The lowest BCUT2D eigenvalue weighted by Crippen LogP contribution is -2.37. The zero-order chi connectivity index (χ0) is 16.8. The minimum atomic E-state index is 0.289. The molecular formula is C18H20ClN3O2. The lowest BCUT2D eigenvalue weighted by atomic mass is 10.1. The Morgan fingerprint density at radius 3 is 2.79 bits per heavy atom. The smallest absolute Gasteiger partial charge is 0.231 e. The molecule has 0 aliphatic carbocycles. The molecule has 3 rings (SSSR count). The SMILES string of the molecule is CN=C(NCCc1ccccc1Cl)NCc1ccc2c(c1)OCO2. The number of halogens is 1. The number of nitrogens with one attached hydrogen (secondary N) is 2. The molecule has 0 saturated heterocycles. The van der Waals surface area contributed by atoms with Crippen LogP contribution in [0.3, 0.4) is 0 Å². The first-order chi connectivity index (χ1) is 11.8. The predicted octanol–water partition coefficient (Wildman–Crippen LogP) is 2.98. The van der Waals surface area contributed by atoms with Gasteiger partial charge in [0.15, 0.2) is 17.5 Å². The summed E-state index contributed by atoms with van der Waals surface area (Å²) in [7, 11) is 1.75. The standard InChI is InChI=1S/C18H20ClN3O2/c1-20-18(21-9-8-14-4-2-3-5-15(14)19)22-11-13-6-7-16-17(10-13)24-12-23-16/h2-7,10H,8-9,11-12H2,1H3,(H2,20,21,22). The van der Waals surface area contributed by atoms with Gasteiger partial charge in [-0.1, -0.05) is 35.9 Å². The highest BCUT2D eigenvalue weighted by Gasteiger charge is 2.13. The summed E-state index contributed by atoms with van der Waals surface area (Å²) in [5.74, 6) is 2.33. The molecule has 2 N–H and O–H groups in total. The van der Waals surface area contributed by atoms with Gasteiger partial charge in [-0.25, -0.2) is 0 Å². The van der Waals surface area contributed by atoms with Crippen LogP contribution >= 0.6 is 11.6 Å². The number of nitrogens with zero attached hydrogens (tertiary/aromatic N) is 1. The maximum Gasteiger partial charge on any atom is 0.231 e. The van der Waals surface area contributed by atoms with E-state index in [0.29, 0.717) is 6.54 Å². The third-order valence-corrected chi connectivity index (χ3v) is 4.13. The molecule has 0 amide bonds. The highest BCUT2D eigenvalue weighted by atomic mass is 35.5. The summed E-state index contributed by atoms with van der Waals surface area (Å²) in [6, 6.07) is 13.8. The van der Waals surface area contributed by atoms with Crippen LogP contribution in [0.1, 0.15) is 11.1 Å². The third kappa shape index (κ3) is 4.11. The van der Waals surface area contributed by atoms with Gasteiger partial charge in [0, 0.05) is 25.2 Å². The number of aliphatic imine (C=N–C) groups is 1. The van der Waals surface area contributed by atoms with Gasteiger partial charge in [-0.15, -0.1) is 0 Å². The van der Waals surface area contributed by atoms with Crippen molar-refractivity contribution in [3.63, 3.8) is 0 Å². The van der Waals surface area contributed by atoms with E-state index in [0.717, 1.165) is 46.6 Å². The van der Waals surface area contributed by atoms with Gasteiger partial charge in [0.05, 0.1) is 0 Å². The monoisotopic (exact) mass is 345 g/mol. The quantitative estimate of drug-likeness (QED) is 0.646. The second kappa shape index (κ2) is 7.93. The molecule has 24 heavy (non-hydrogen) atoms. The van der Waals surface area contributed by atoms with Crippen molar-refractivity contribution in [2.75, 3.05) is 20.4 Å². The van der Waals surface area contributed by atoms with Gasteiger partial charge in [0.2, 0.25) is 6.79 Å². The van der Waals surface area contributed by atoms with Gasteiger partial charge in [0.25, 0.3) is 0 Å². The van der Waals surface area contributed by atoms with E-state index in [-0.39, 0.29) is 6.79 Å². The summed E-state index contributed by atoms with van der Waals surface area (Å²) in [6.07, 6.45) is 0.838. The molecular weight excluding hydrogens is 326 g/mol. The van der Waals surface area contributed by atoms with Crippen LogP contribution < -0.4 is 20.1 Å². The Bertz CT molecular complexity index is 734. The minimum Gasteiger partial charge on any atom is -0.454 e. The van der Waals surface area contributed by atoms with E-state index in [9.17, 15) is 0 Å². The molecule has 1 heterocycles. The first-order valence-corrected chi connectivity index (χ1v) is 8.20. The van der Waals surface area contributed by atoms with Gasteiger partial charge >= 0.3 is 0 Å². The summed E-state index contributed by atoms with van der Waals surface area (Å²) in [5.41, 5.74) is 2.23. The number of rotatable bonds is 5. The highest BCUT2D eigenvalue weighted by molar-refractivity contribution is 6.31. The van der Waals surface area contributed by atoms with Crippen LogP contribution in [0.2, 0.25) is 5.02 Å². The summed E-state index contributed by atoms with van der Waals surface area (Å²) >= 11 is 6.17. The molecule has 5 nitrogen and oxygen atoms in total. The van der Waals surface area contributed by atoms with Gasteiger partial charge in [0.1, 0.15) is 0 Å². The van der Waals surface area contributed by atoms with E-state index < -0.39 is 0 Å². The number of hydrogen-bond donors (Lipinski definition) is 2. The van der Waals surface area contributed by atoms with Crippen molar-refractivity contribution in [3.8, 4) is 11.5 Å². The lowest BCUT2D eigenvalue weighted by Gasteiger charge is -2.12. The van der Waals surface area contributed by atoms with Crippen LogP contribution in [-0.4, -0.2) is 26.3 Å². The Labute approximate surface area is 146 Å². The van der Waals surface area contributed by atoms with Crippen LogP contribution in [-0.2, 0) is 13.0 Å². The maximum absolute atomic E-state index is 6.17. The maximum atomic E-state index is 6.17.